The highest BCUT2D eigenvalue weighted by Gasteiger charge is 2.48. The zero-order chi connectivity index (χ0) is 28.4. The van der Waals surface area contributed by atoms with E-state index >= 15 is 0 Å². The van der Waals surface area contributed by atoms with Crippen molar-refractivity contribution in [1.82, 2.24) is 25.5 Å². The summed E-state index contributed by atoms with van der Waals surface area (Å²) in [5.41, 5.74) is -0.642. The summed E-state index contributed by atoms with van der Waals surface area (Å²) in [5, 5.41) is 11.8. The number of hydrogen-bond donors (Lipinski definition) is 4. The van der Waals surface area contributed by atoms with Crippen molar-refractivity contribution in [3.05, 3.63) is 36.0 Å². The molecular weight excluding hydrogens is 536 g/mol. The maximum atomic E-state index is 14.9. The Labute approximate surface area is 236 Å². The smallest absolute Gasteiger partial charge is 0.285 e. The van der Waals surface area contributed by atoms with Gasteiger partial charge in [0.15, 0.2) is 0 Å². The van der Waals surface area contributed by atoms with Crippen LogP contribution in [0.1, 0.15) is 18.5 Å². The Bertz CT molecular complexity index is 1240. The first-order valence-electron chi connectivity index (χ1n) is 14.1. The van der Waals surface area contributed by atoms with Gasteiger partial charge in [-0.2, -0.15) is 4.98 Å². The molecule has 1 aromatic carbocycles. The molecule has 4 N–H and O–H groups in total. The van der Waals surface area contributed by atoms with E-state index in [2.05, 4.69) is 26.3 Å². The number of morpholine rings is 1. The SMILES string of the molecule is O=C(NCC(=O)N1CCN(c2cc(C3(C(F)F)Nc4ccccc4N3)nc(N3CCOCC3)n2)CC1)C1CCCN1. The summed E-state index contributed by atoms with van der Waals surface area (Å²) < 4.78 is 35.2. The van der Waals surface area contributed by atoms with E-state index < -0.39 is 12.1 Å². The molecule has 14 heteroatoms. The molecule has 6 rings (SSSR count). The van der Waals surface area contributed by atoms with E-state index in [1.165, 1.54) is 0 Å². The molecule has 1 unspecified atom stereocenters. The zero-order valence-electron chi connectivity index (χ0n) is 22.7. The summed E-state index contributed by atoms with van der Waals surface area (Å²) in [7, 11) is 0. The lowest BCUT2D eigenvalue weighted by molar-refractivity contribution is -0.133. The summed E-state index contributed by atoms with van der Waals surface area (Å²) >= 11 is 0. The number of hydrogen-bond acceptors (Lipinski definition) is 10. The molecule has 0 radical (unpaired) electrons. The van der Waals surface area contributed by atoms with E-state index in [0.717, 1.165) is 19.4 Å². The van der Waals surface area contributed by atoms with Crippen molar-refractivity contribution < 1.29 is 23.1 Å². The van der Waals surface area contributed by atoms with Gasteiger partial charge in [0.25, 0.3) is 6.43 Å². The molecule has 4 aliphatic rings. The number of aromatic nitrogens is 2. The number of anilines is 4. The Balaban J connectivity index is 1.20. The first-order chi connectivity index (χ1) is 19.9. The number of nitrogens with zero attached hydrogens (tertiary/aromatic N) is 5. The molecule has 41 heavy (non-hydrogen) atoms. The summed E-state index contributed by atoms with van der Waals surface area (Å²) in [6, 6.07) is 8.45. The molecule has 220 valence electrons. The first-order valence-corrected chi connectivity index (χ1v) is 14.1. The number of alkyl halides is 2. The highest BCUT2D eigenvalue weighted by Crippen LogP contribution is 2.43. The third kappa shape index (κ3) is 5.58. The van der Waals surface area contributed by atoms with Crippen LogP contribution in [-0.4, -0.2) is 105 Å². The minimum absolute atomic E-state index is 0.0509. The van der Waals surface area contributed by atoms with Crippen LogP contribution in [0.15, 0.2) is 30.3 Å². The standard InChI is InChI=1S/C27H35F2N9O3/c28-25(29)27(34-18-4-1-2-5-19(18)35-27)21-16-22(33-26(32-21)38-12-14-41-15-13-38)36-8-10-37(11-9-36)23(39)17-31-24(40)20-6-3-7-30-20/h1-2,4-5,16,20,25,30,34-35H,3,6-15,17H2,(H,31,40). The van der Waals surface area contributed by atoms with Crippen LogP contribution in [-0.2, 0) is 20.0 Å². The van der Waals surface area contributed by atoms with Crippen LogP contribution < -0.4 is 31.1 Å². The number of carbonyl (C=O) groups excluding carboxylic acids is 2. The van der Waals surface area contributed by atoms with E-state index in [1.54, 1.807) is 35.2 Å². The maximum absolute atomic E-state index is 14.9. The zero-order valence-corrected chi connectivity index (χ0v) is 22.7. The number of halogens is 2. The van der Waals surface area contributed by atoms with Crippen LogP contribution in [0.25, 0.3) is 0 Å². The lowest BCUT2D eigenvalue weighted by Crippen LogP contribution is -2.52. The summed E-state index contributed by atoms with van der Waals surface area (Å²) in [6.07, 6.45) is -1.10. The fourth-order valence-electron chi connectivity index (χ4n) is 5.69. The highest BCUT2D eigenvalue weighted by molar-refractivity contribution is 5.87. The Hall–Kier alpha value is -3.78. The number of carbonyl (C=O) groups is 2. The molecule has 3 saturated heterocycles. The first kappa shape index (κ1) is 27.4. The summed E-state index contributed by atoms with van der Waals surface area (Å²) in [4.78, 5) is 40.1. The van der Waals surface area contributed by atoms with Gasteiger partial charge in [0.1, 0.15) is 5.82 Å². The third-order valence-corrected chi connectivity index (χ3v) is 8.06. The molecule has 0 aliphatic carbocycles. The molecule has 5 heterocycles. The van der Waals surface area contributed by atoms with Crippen LogP contribution >= 0.6 is 0 Å². The number of piperazine rings is 1. The maximum Gasteiger partial charge on any atom is 0.285 e. The Morgan fingerprint density at radius 1 is 1.02 bits per heavy atom. The molecule has 2 amide bonds. The number of ether oxygens (including phenoxy) is 1. The predicted octanol–water partition coefficient (Wildman–Crippen LogP) is 0.786. The van der Waals surface area contributed by atoms with Gasteiger partial charge in [-0.15, -0.1) is 0 Å². The number of para-hydroxylation sites is 2. The fraction of sp³-hybridized carbons (Fsp3) is 0.556. The lowest BCUT2D eigenvalue weighted by atomic mass is 10.1. The number of nitrogens with one attached hydrogen (secondary N) is 4. The van der Waals surface area contributed by atoms with E-state index in [-0.39, 0.29) is 30.1 Å². The van der Waals surface area contributed by atoms with Crippen LogP contribution in [0.2, 0.25) is 0 Å². The van der Waals surface area contributed by atoms with Crippen molar-refractivity contribution in [3.8, 4) is 0 Å². The van der Waals surface area contributed by atoms with Gasteiger partial charge in [-0.1, -0.05) is 12.1 Å². The number of fused-ring (bicyclic) bond motifs is 1. The van der Waals surface area contributed by atoms with Crippen molar-refractivity contribution in [2.24, 2.45) is 0 Å². The predicted molar refractivity (Wildman–Crippen MR) is 149 cm³/mol. The molecule has 12 nitrogen and oxygen atoms in total. The van der Waals surface area contributed by atoms with Crippen molar-refractivity contribution in [2.45, 2.75) is 31.0 Å². The average molecular weight is 572 g/mol. The van der Waals surface area contributed by atoms with Gasteiger partial charge in [0.05, 0.1) is 42.9 Å². The fourth-order valence-corrected chi connectivity index (χ4v) is 5.69. The van der Waals surface area contributed by atoms with E-state index in [4.69, 9.17) is 9.72 Å². The Morgan fingerprint density at radius 2 is 1.73 bits per heavy atom. The van der Waals surface area contributed by atoms with Gasteiger partial charge in [0, 0.05) is 45.3 Å². The second-order valence-corrected chi connectivity index (χ2v) is 10.6. The van der Waals surface area contributed by atoms with Crippen LogP contribution in [0.3, 0.4) is 0 Å². The topological polar surface area (TPSA) is 127 Å². The van der Waals surface area contributed by atoms with Gasteiger partial charge >= 0.3 is 0 Å². The quantitative estimate of drug-likeness (QED) is 0.379. The van der Waals surface area contributed by atoms with Crippen LogP contribution in [0.4, 0.5) is 31.9 Å². The number of amides is 2. The minimum Gasteiger partial charge on any atom is -0.378 e. The van der Waals surface area contributed by atoms with Crippen LogP contribution in [0, 0.1) is 0 Å². The van der Waals surface area contributed by atoms with Crippen molar-refractivity contribution >= 4 is 35.0 Å². The van der Waals surface area contributed by atoms with Gasteiger partial charge < -0.3 is 40.7 Å². The van der Waals surface area contributed by atoms with Gasteiger partial charge in [-0.05, 0) is 31.5 Å². The normalized spacial score (nSPS) is 21.8. The van der Waals surface area contributed by atoms with Gasteiger partial charge in [-0.25, -0.2) is 13.8 Å². The van der Waals surface area contributed by atoms with Crippen molar-refractivity contribution in [2.75, 3.05) is 86.0 Å². The Kier molecular flexibility index (Phi) is 7.75. The molecular formula is C27H35F2N9O3. The Morgan fingerprint density at radius 3 is 2.37 bits per heavy atom. The third-order valence-electron chi connectivity index (χ3n) is 8.06. The average Bonchev–Trinajstić information content (AvgIpc) is 3.70. The van der Waals surface area contributed by atoms with Crippen LogP contribution in [0.5, 0.6) is 0 Å². The van der Waals surface area contributed by atoms with E-state index in [9.17, 15) is 18.4 Å². The highest BCUT2D eigenvalue weighted by atomic mass is 19.3. The number of rotatable bonds is 7. The molecule has 0 bridgehead atoms. The molecule has 1 atom stereocenters. The van der Waals surface area contributed by atoms with Crippen molar-refractivity contribution in [1.29, 1.82) is 0 Å². The summed E-state index contributed by atoms with van der Waals surface area (Å²) in [5.74, 6) is 0.580. The molecule has 4 aliphatic heterocycles. The van der Waals surface area contributed by atoms with E-state index in [1.807, 2.05) is 9.80 Å². The molecule has 3 fully saturated rings. The van der Waals surface area contributed by atoms with Gasteiger partial charge in [-0.3, -0.25) is 9.59 Å². The number of benzene rings is 1. The lowest BCUT2D eigenvalue weighted by Gasteiger charge is -2.37. The molecule has 2 aromatic rings. The largest absolute Gasteiger partial charge is 0.378 e. The van der Waals surface area contributed by atoms with Gasteiger partial charge in [0.2, 0.25) is 23.4 Å². The molecule has 0 spiro atoms. The summed E-state index contributed by atoms with van der Waals surface area (Å²) in [6.45, 7) is 4.63. The van der Waals surface area contributed by atoms with Crippen molar-refractivity contribution in [3.63, 3.8) is 0 Å². The molecule has 0 saturated carbocycles. The minimum atomic E-state index is -2.82. The monoisotopic (exact) mass is 571 g/mol. The second kappa shape index (κ2) is 11.6. The molecule has 1 aromatic heterocycles. The van der Waals surface area contributed by atoms with E-state index in [0.29, 0.717) is 75.6 Å². The second-order valence-electron chi connectivity index (χ2n) is 10.6.